The van der Waals surface area contributed by atoms with Gasteiger partial charge in [0.2, 0.25) is 17.7 Å². The summed E-state index contributed by atoms with van der Waals surface area (Å²) in [5.74, 6) is -5.07. The van der Waals surface area contributed by atoms with Gasteiger partial charge in [0.05, 0.1) is 17.1 Å². The maximum Gasteiger partial charge on any atom is 0.276 e. The van der Waals surface area contributed by atoms with Crippen LogP contribution in [-0.4, -0.2) is 79.8 Å². The molecule has 0 spiro atoms. The molecule has 0 aromatic carbocycles. The lowest BCUT2D eigenvalue weighted by molar-refractivity contribution is -0.126. The minimum atomic E-state index is -0.966. The fraction of sp³-hybridized carbons (Fsp3) is 0.250. The van der Waals surface area contributed by atoms with Crippen LogP contribution < -0.4 is 32.7 Å². The van der Waals surface area contributed by atoms with Crippen LogP contribution in [0, 0.1) is 13.8 Å². The van der Waals surface area contributed by atoms with Gasteiger partial charge in [-0.05, 0) is 45.7 Å². The Kier molecular flexibility index (Phi) is 11.2. The van der Waals surface area contributed by atoms with E-state index in [1.807, 2.05) is 0 Å². The molecule has 19 heteroatoms. The normalized spacial score (nSPS) is 14.2. The van der Waals surface area contributed by atoms with E-state index in [-0.39, 0.29) is 46.7 Å². The highest BCUT2D eigenvalue weighted by atomic mass is 32.1. The number of rotatable bonds is 13. The fourth-order valence-electron chi connectivity index (χ4n) is 4.71. The Bertz CT molecular complexity index is 2010. The molecule has 18 nitrogen and oxygen atoms in total. The molecule has 1 fully saturated rings. The second-order valence-electron chi connectivity index (χ2n) is 11.2. The summed E-state index contributed by atoms with van der Waals surface area (Å²) in [6.45, 7) is 15.2. The van der Waals surface area contributed by atoms with Crippen LogP contribution in [0.4, 0.5) is 0 Å². The topological polar surface area (TPSA) is 275 Å². The van der Waals surface area contributed by atoms with Gasteiger partial charge in [-0.1, -0.05) is 19.7 Å². The summed E-state index contributed by atoms with van der Waals surface area (Å²) in [4.78, 5) is 101. The lowest BCUT2D eigenvalue weighted by Gasteiger charge is -2.23. The maximum atomic E-state index is 13.6. The fourth-order valence-corrected chi connectivity index (χ4v) is 5.58. The zero-order valence-corrected chi connectivity index (χ0v) is 28.6. The molecule has 1 saturated heterocycles. The largest absolute Gasteiger partial charge is 0.439 e. The van der Waals surface area contributed by atoms with Crippen LogP contribution in [0.15, 0.2) is 58.8 Å². The van der Waals surface area contributed by atoms with Gasteiger partial charge in [-0.25, -0.2) is 15.0 Å². The number of aromatic nitrogens is 3. The Hall–Kier alpha value is -6.50. The second-order valence-corrected chi connectivity index (χ2v) is 12.1. The van der Waals surface area contributed by atoms with Gasteiger partial charge in [0.1, 0.15) is 34.2 Å². The molecule has 2 unspecified atom stereocenters. The first kappa shape index (κ1) is 37.3. The highest BCUT2D eigenvalue weighted by molar-refractivity contribution is 7.13. The number of oxazole rings is 1. The number of nitrogens with zero attached hydrogens (tertiary/aromatic N) is 4. The SMILES string of the molecule is C=C(NC(=O)C(=C)NC(=O)C1CCCN1C(=O)c1nc(-c2ccc(-c3nc(C(=O)NC(=C)C(=O)NC(C)C(N)=O)cs3)c(C)n2)oc1C)C(N)=O. The summed E-state index contributed by atoms with van der Waals surface area (Å²) in [5.41, 5.74) is 10.5. The standard InChI is InChI=1S/C32H34N10O8S/c1-13-19(31-40-21(12-51-31)28(47)38-16(4)26(45)36-14(2)24(33)43)9-10-20(35-13)30-41-23(18(6)50-30)32(49)42-11-7-8-22(42)29(48)39-17(5)27(46)37-15(3)25(34)44/h9-10,12,14,22H,3-5,7-8,11H2,1-2,6H3,(H2,33,43)(H2,34,44)(H,36,45)(H,37,46)(H,38,47)(H,39,48). The van der Waals surface area contributed by atoms with Crippen LogP contribution in [0.2, 0.25) is 0 Å². The minimum Gasteiger partial charge on any atom is -0.439 e. The number of pyridine rings is 1. The van der Waals surface area contributed by atoms with Gasteiger partial charge in [-0.2, -0.15) is 0 Å². The van der Waals surface area contributed by atoms with E-state index in [1.165, 1.54) is 17.2 Å². The van der Waals surface area contributed by atoms with Crippen molar-refractivity contribution >= 4 is 52.7 Å². The van der Waals surface area contributed by atoms with Gasteiger partial charge in [0.25, 0.3) is 29.5 Å². The quantitative estimate of drug-likeness (QED) is 0.129. The van der Waals surface area contributed by atoms with Crippen LogP contribution in [0.1, 0.15) is 52.2 Å². The van der Waals surface area contributed by atoms with Crippen LogP contribution in [0.25, 0.3) is 22.2 Å². The zero-order chi connectivity index (χ0) is 37.7. The first-order chi connectivity index (χ1) is 24.0. The van der Waals surface area contributed by atoms with Gasteiger partial charge >= 0.3 is 0 Å². The molecule has 51 heavy (non-hydrogen) atoms. The van der Waals surface area contributed by atoms with E-state index in [9.17, 15) is 33.6 Å². The number of carbonyl (C=O) groups is 7. The average Bonchev–Trinajstić information content (AvgIpc) is 3.84. The first-order valence-corrected chi connectivity index (χ1v) is 16.0. The van der Waals surface area contributed by atoms with Crippen molar-refractivity contribution in [3.63, 3.8) is 0 Å². The molecule has 8 N–H and O–H groups in total. The molecule has 2 atom stereocenters. The van der Waals surface area contributed by atoms with E-state index in [4.69, 9.17) is 15.9 Å². The predicted octanol–water partition coefficient (Wildman–Crippen LogP) is 0.0601. The predicted molar refractivity (Wildman–Crippen MR) is 182 cm³/mol. The summed E-state index contributed by atoms with van der Waals surface area (Å²) in [6, 6.07) is 1.39. The summed E-state index contributed by atoms with van der Waals surface area (Å²) in [7, 11) is 0. The molecule has 0 saturated carbocycles. The van der Waals surface area contributed by atoms with E-state index >= 15 is 0 Å². The van der Waals surface area contributed by atoms with Gasteiger partial charge in [-0.15, -0.1) is 11.3 Å². The van der Waals surface area contributed by atoms with Crippen molar-refractivity contribution in [2.75, 3.05) is 6.54 Å². The van der Waals surface area contributed by atoms with Crippen LogP contribution in [-0.2, 0) is 24.0 Å². The molecule has 4 rings (SSSR count). The van der Waals surface area contributed by atoms with E-state index < -0.39 is 53.4 Å². The van der Waals surface area contributed by atoms with Crippen molar-refractivity contribution in [3.8, 4) is 22.2 Å². The van der Waals surface area contributed by atoms with E-state index in [1.54, 1.807) is 26.0 Å². The number of hydrogen-bond donors (Lipinski definition) is 6. The minimum absolute atomic E-state index is 0.0114. The number of likely N-dealkylation sites (tertiary alicyclic amines) is 1. The Labute approximate surface area is 294 Å². The molecular formula is C32H34N10O8S. The van der Waals surface area contributed by atoms with E-state index in [0.29, 0.717) is 34.8 Å². The Balaban J connectivity index is 1.43. The van der Waals surface area contributed by atoms with Crippen LogP contribution in [0.3, 0.4) is 0 Å². The highest BCUT2D eigenvalue weighted by Gasteiger charge is 2.37. The molecule has 266 valence electrons. The number of amides is 7. The zero-order valence-electron chi connectivity index (χ0n) is 27.7. The summed E-state index contributed by atoms with van der Waals surface area (Å²) in [5, 5.41) is 11.1. The number of carbonyl (C=O) groups excluding carboxylic acids is 7. The molecule has 0 bridgehead atoms. The number of primary amides is 2. The Morgan fingerprint density at radius 1 is 0.941 bits per heavy atom. The third-order valence-electron chi connectivity index (χ3n) is 7.51. The highest BCUT2D eigenvalue weighted by Crippen LogP contribution is 2.30. The smallest absolute Gasteiger partial charge is 0.276 e. The van der Waals surface area contributed by atoms with Crippen LogP contribution in [0.5, 0.6) is 0 Å². The van der Waals surface area contributed by atoms with Crippen molar-refractivity contribution in [3.05, 3.63) is 77.2 Å². The van der Waals surface area contributed by atoms with Crippen molar-refractivity contribution in [1.29, 1.82) is 0 Å². The molecule has 3 aromatic heterocycles. The molecule has 3 aromatic rings. The number of aryl methyl sites for hydroxylation is 2. The molecular weight excluding hydrogens is 684 g/mol. The van der Waals surface area contributed by atoms with Gasteiger partial charge in [-0.3, -0.25) is 33.6 Å². The number of nitrogens with one attached hydrogen (secondary N) is 4. The molecule has 4 heterocycles. The molecule has 7 amide bonds. The molecule has 1 aliphatic rings. The average molecular weight is 719 g/mol. The summed E-state index contributed by atoms with van der Waals surface area (Å²) < 4.78 is 5.79. The van der Waals surface area contributed by atoms with Gasteiger partial charge < -0.3 is 42.1 Å². The van der Waals surface area contributed by atoms with E-state index in [2.05, 4.69) is 56.0 Å². The monoisotopic (exact) mass is 718 g/mol. The Morgan fingerprint density at radius 3 is 2.27 bits per heavy atom. The molecule has 0 radical (unpaired) electrons. The lowest BCUT2D eigenvalue weighted by atomic mass is 10.2. The van der Waals surface area contributed by atoms with E-state index in [0.717, 1.165) is 11.3 Å². The summed E-state index contributed by atoms with van der Waals surface area (Å²) in [6.07, 6.45) is 0.820. The summed E-state index contributed by atoms with van der Waals surface area (Å²) >= 11 is 1.16. The van der Waals surface area contributed by atoms with Crippen molar-refractivity contribution in [2.24, 2.45) is 11.5 Å². The third-order valence-corrected chi connectivity index (χ3v) is 8.39. The van der Waals surface area contributed by atoms with Crippen LogP contribution >= 0.6 is 11.3 Å². The van der Waals surface area contributed by atoms with Crippen molar-refractivity contribution in [1.82, 2.24) is 41.1 Å². The number of hydrogen-bond acceptors (Lipinski definition) is 12. The number of thiazole rings is 1. The molecule has 1 aliphatic heterocycles. The van der Waals surface area contributed by atoms with Crippen molar-refractivity contribution in [2.45, 2.75) is 45.7 Å². The van der Waals surface area contributed by atoms with Gasteiger partial charge in [0, 0.05) is 23.2 Å². The third kappa shape index (κ3) is 8.57. The Morgan fingerprint density at radius 2 is 1.63 bits per heavy atom. The lowest BCUT2D eigenvalue weighted by Crippen LogP contribution is -2.47. The van der Waals surface area contributed by atoms with Crippen molar-refractivity contribution < 1.29 is 38.0 Å². The maximum absolute atomic E-state index is 13.6. The van der Waals surface area contributed by atoms with Gasteiger partial charge in [0.15, 0.2) is 5.69 Å². The second kappa shape index (κ2) is 15.4. The number of nitrogens with two attached hydrogens (primary N) is 2. The molecule has 0 aliphatic carbocycles. The first-order valence-electron chi connectivity index (χ1n) is 15.1.